The first-order valence-corrected chi connectivity index (χ1v) is 10.2. The summed E-state index contributed by atoms with van der Waals surface area (Å²) < 4.78 is 0. The van der Waals surface area contributed by atoms with Crippen molar-refractivity contribution in [3.05, 3.63) is 83.9 Å². The summed E-state index contributed by atoms with van der Waals surface area (Å²) >= 11 is 0. The fourth-order valence-electron chi connectivity index (χ4n) is 3.55. The molecule has 0 unspecified atom stereocenters. The van der Waals surface area contributed by atoms with Crippen LogP contribution in [-0.4, -0.2) is 38.0 Å². The van der Waals surface area contributed by atoms with Crippen molar-refractivity contribution in [2.75, 3.05) is 37.8 Å². The van der Waals surface area contributed by atoms with Gasteiger partial charge >= 0.3 is 0 Å². The molecule has 5 heteroatoms. The Balaban J connectivity index is 1.54. The van der Waals surface area contributed by atoms with Gasteiger partial charge in [-0.2, -0.15) is 0 Å². The van der Waals surface area contributed by atoms with Crippen molar-refractivity contribution in [3.8, 4) is 11.1 Å². The van der Waals surface area contributed by atoms with E-state index in [1.807, 2.05) is 36.4 Å². The van der Waals surface area contributed by atoms with Crippen LogP contribution in [0.2, 0.25) is 0 Å². The van der Waals surface area contributed by atoms with Crippen molar-refractivity contribution < 1.29 is 4.79 Å². The molecule has 156 valence electrons. The smallest absolute Gasteiger partial charge is 0.248 e. The molecule has 3 aromatic carbocycles. The summed E-state index contributed by atoms with van der Waals surface area (Å²) in [6, 6.07) is 24.0. The molecule has 0 spiro atoms. The van der Waals surface area contributed by atoms with E-state index < -0.39 is 5.91 Å². The van der Waals surface area contributed by atoms with Gasteiger partial charge in [0.2, 0.25) is 5.91 Å². The molecule has 1 amide bonds. The van der Waals surface area contributed by atoms with Crippen LogP contribution in [0.25, 0.3) is 11.1 Å². The van der Waals surface area contributed by atoms with Gasteiger partial charge < -0.3 is 21.3 Å². The second-order valence-corrected chi connectivity index (χ2v) is 7.71. The molecular formula is C25H30N4O. The topological polar surface area (TPSA) is 75.6 Å². The quantitative estimate of drug-likeness (QED) is 0.531. The highest BCUT2D eigenvalue weighted by Gasteiger charge is 2.09. The van der Waals surface area contributed by atoms with Crippen LogP contribution in [0.4, 0.5) is 11.4 Å². The molecule has 3 aromatic rings. The van der Waals surface area contributed by atoms with E-state index in [4.69, 9.17) is 11.5 Å². The highest BCUT2D eigenvalue weighted by atomic mass is 16.1. The number of nitrogen functional groups attached to an aromatic ring is 1. The Labute approximate surface area is 178 Å². The van der Waals surface area contributed by atoms with Gasteiger partial charge in [0.25, 0.3) is 0 Å². The monoisotopic (exact) mass is 402 g/mol. The molecule has 0 bridgehead atoms. The van der Waals surface area contributed by atoms with Gasteiger partial charge in [-0.3, -0.25) is 4.79 Å². The predicted molar refractivity (Wildman–Crippen MR) is 125 cm³/mol. The van der Waals surface area contributed by atoms with Crippen LogP contribution in [0.15, 0.2) is 72.8 Å². The molecule has 5 nitrogen and oxygen atoms in total. The van der Waals surface area contributed by atoms with Crippen LogP contribution in [-0.2, 0) is 6.54 Å². The number of amides is 1. The first kappa shape index (κ1) is 21.4. The lowest BCUT2D eigenvalue weighted by Gasteiger charge is -2.24. The third kappa shape index (κ3) is 5.61. The molecule has 0 aliphatic carbocycles. The van der Waals surface area contributed by atoms with Gasteiger partial charge in [-0.15, -0.1) is 0 Å². The number of nitrogens with two attached hydrogens (primary N) is 2. The molecule has 0 aliphatic rings. The number of hydrogen-bond donors (Lipinski definition) is 2. The van der Waals surface area contributed by atoms with Crippen LogP contribution in [0.3, 0.4) is 0 Å². The SMILES string of the molecule is CN(CCCN(C)c1cc(-c2ccccc2)ccc1N)Cc1ccc(C(N)=O)cc1. The molecule has 0 aliphatic heterocycles. The summed E-state index contributed by atoms with van der Waals surface area (Å²) in [5.74, 6) is -0.395. The Morgan fingerprint density at radius 1 is 0.867 bits per heavy atom. The minimum atomic E-state index is -0.395. The number of benzene rings is 3. The largest absolute Gasteiger partial charge is 0.397 e. The number of carbonyl (C=O) groups excluding carboxylic acids is 1. The fraction of sp³-hybridized carbons (Fsp3) is 0.240. The lowest BCUT2D eigenvalue weighted by molar-refractivity contribution is 0.100. The van der Waals surface area contributed by atoms with E-state index in [1.165, 1.54) is 11.1 Å². The Kier molecular flexibility index (Phi) is 7.09. The van der Waals surface area contributed by atoms with E-state index in [-0.39, 0.29) is 0 Å². The number of nitrogens with zero attached hydrogens (tertiary/aromatic N) is 2. The lowest BCUT2D eigenvalue weighted by atomic mass is 10.0. The number of anilines is 2. The van der Waals surface area contributed by atoms with E-state index in [2.05, 4.69) is 48.2 Å². The van der Waals surface area contributed by atoms with Gasteiger partial charge in [0.05, 0.1) is 11.4 Å². The van der Waals surface area contributed by atoms with E-state index in [1.54, 1.807) is 12.1 Å². The maximum absolute atomic E-state index is 11.2. The highest BCUT2D eigenvalue weighted by molar-refractivity contribution is 5.92. The Hall–Kier alpha value is -3.31. The first-order chi connectivity index (χ1) is 14.4. The van der Waals surface area contributed by atoms with Gasteiger partial charge in [0, 0.05) is 25.7 Å². The summed E-state index contributed by atoms with van der Waals surface area (Å²) in [6.45, 7) is 2.70. The molecule has 0 radical (unpaired) electrons. The van der Waals surface area contributed by atoms with Crippen LogP contribution >= 0.6 is 0 Å². The Morgan fingerprint density at radius 3 is 2.23 bits per heavy atom. The van der Waals surface area contributed by atoms with Gasteiger partial charge in [-0.1, -0.05) is 48.5 Å². The van der Waals surface area contributed by atoms with Gasteiger partial charge in [0.1, 0.15) is 0 Å². The van der Waals surface area contributed by atoms with Crippen molar-refractivity contribution >= 4 is 17.3 Å². The van der Waals surface area contributed by atoms with Crippen LogP contribution < -0.4 is 16.4 Å². The molecule has 3 rings (SSSR count). The van der Waals surface area contributed by atoms with Crippen LogP contribution in [0.5, 0.6) is 0 Å². The van der Waals surface area contributed by atoms with E-state index >= 15 is 0 Å². The highest BCUT2D eigenvalue weighted by Crippen LogP contribution is 2.29. The summed E-state index contributed by atoms with van der Waals surface area (Å²) in [4.78, 5) is 15.7. The van der Waals surface area contributed by atoms with Crippen molar-refractivity contribution in [1.29, 1.82) is 0 Å². The number of rotatable bonds is 9. The predicted octanol–water partition coefficient (Wildman–Crippen LogP) is 3.99. The molecule has 0 atom stereocenters. The minimum absolute atomic E-state index is 0.395. The van der Waals surface area contributed by atoms with Gasteiger partial charge in [0.15, 0.2) is 0 Å². The van der Waals surface area contributed by atoms with E-state index in [9.17, 15) is 4.79 Å². The maximum atomic E-state index is 11.2. The molecule has 0 saturated heterocycles. The Morgan fingerprint density at radius 2 is 1.57 bits per heavy atom. The fourth-order valence-corrected chi connectivity index (χ4v) is 3.55. The molecule has 0 heterocycles. The third-order valence-corrected chi connectivity index (χ3v) is 5.27. The summed E-state index contributed by atoms with van der Waals surface area (Å²) in [7, 11) is 4.19. The lowest BCUT2D eigenvalue weighted by Crippen LogP contribution is -2.25. The summed E-state index contributed by atoms with van der Waals surface area (Å²) in [5.41, 5.74) is 17.5. The zero-order chi connectivity index (χ0) is 21.5. The van der Waals surface area contributed by atoms with Crippen molar-refractivity contribution in [2.45, 2.75) is 13.0 Å². The second-order valence-electron chi connectivity index (χ2n) is 7.71. The second kappa shape index (κ2) is 9.94. The third-order valence-electron chi connectivity index (χ3n) is 5.27. The summed E-state index contributed by atoms with van der Waals surface area (Å²) in [5, 5.41) is 0. The summed E-state index contributed by atoms with van der Waals surface area (Å²) in [6.07, 6.45) is 1.02. The molecule has 4 N–H and O–H groups in total. The van der Waals surface area contributed by atoms with Crippen LogP contribution in [0, 0.1) is 0 Å². The van der Waals surface area contributed by atoms with Crippen LogP contribution in [0.1, 0.15) is 22.3 Å². The van der Waals surface area contributed by atoms with Gasteiger partial charge in [-0.25, -0.2) is 0 Å². The van der Waals surface area contributed by atoms with Gasteiger partial charge in [-0.05, 0) is 61.0 Å². The Bertz CT molecular complexity index is 970. The minimum Gasteiger partial charge on any atom is -0.397 e. The molecule has 0 fully saturated rings. The van der Waals surface area contributed by atoms with Crippen molar-refractivity contribution in [2.24, 2.45) is 5.73 Å². The van der Waals surface area contributed by atoms with E-state index in [0.29, 0.717) is 5.56 Å². The molecule has 0 aromatic heterocycles. The maximum Gasteiger partial charge on any atom is 0.248 e. The van der Waals surface area contributed by atoms with Crippen molar-refractivity contribution in [3.63, 3.8) is 0 Å². The normalized spacial score (nSPS) is 10.9. The number of carbonyl (C=O) groups is 1. The first-order valence-electron chi connectivity index (χ1n) is 10.2. The number of hydrogen-bond acceptors (Lipinski definition) is 4. The van der Waals surface area contributed by atoms with E-state index in [0.717, 1.165) is 43.0 Å². The molecule has 0 saturated carbocycles. The molecular weight excluding hydrogens is 372 g/mol. The van der Waals surface area contributed by atoms with Crippen molar-refractivity contribution in [1.82, 2.24) is 4.90 Å². The average molecular weight is 403 g/mol. The average Bonchev–Trinajstić information content (AvgIpc) is 2.75. The zero-order valence-electron chi connectivity index (χ0n) is 17.7. The zero-order valence-corrected chi connectivity index (χ0v) is 17.7. The molecule has 30 heavy (non-hydrogen) atoms. The number of primary amides is 1. The standard InChI is InChI=1S/C25H30N4O/c1-28(18-19-9-11-21(12-10-19)25(27)30)15-6-16-29(2)24-17-22(13-14-23(24)26)20-7-4-3-5-8-20/h3-5,7-14,17H,6,15-16,18,26H2,1-2H3,(H2,27,30).